The summed E-state index contributed by atoms with van der Waals surface area (Å²) in [6.45, 7) is 6.82. The molecule has 114 valence electrons. The predicted molar refractivity (Wildman–Crippen MR) is 76.6 cm³/mol. The molecule has 1 aliphatic heterocycles. The fourth-order valence-corrected chi connectivity index (χ4v) is 3.33. The van der Waals surface area contributed by atoms with Gasteiger partial charge in [0.15, 0.2) is 0 Å². The highest BCUT2D eigenvalue weighted by Gasteiger charge is 2.30. The van der Waals surface area contributed by atoms with Crippen LogP contribution in [0.15, 0.2) is 0 Å². The van der Waals surface area contributed by atoms with Crippen LogP contribution >= 0.6 is 0 Å². The number of hydrogen-bond acceptors (Lipinski definition) is 5. The molecule has 0 aromatic rings. The van der Waals surface area contributed by atoms with E-state index < -0.39 is 10.0 Å². The second kappa shape index (κ2) is 6.49. The summed E-state index contributed by atoms with van der Waals surface area (Å²) in [6.07, 6.45) is 2.09. The smallest absolute Gasteiger partial charge is 0.211 e. The van der Waals surface area contributed by atoms with Crippen molar-refractivity contribution < 1.29 is 13.5 Å². The van der Waals surface area contributed by atoms with Crippen LogP contribution in [0.1, 0.15) is 20.3 Å². The van der Waals surface area contributed by atoms with E-state index in [1.165, 1.54) is 10.6 Å². The van der Waals surface area contributed by atoms with E-state index in [4.69, 9.17) is 0 Å². The lowest BCUT2D eigenvalue weighted by molar-refractivity contribution is 0.0963. The second-order valence-corrected chi connectivity index (χ2v) is 7.70. The Morgan fingerprint density at radius 3 is 2.21 bits per heavy atom. The Morgan fingerprint density at radius 1 is 1.32 bits per heavy atom. The molecule has 1 saturated heterocycles. The maximum absolute atomic E-state index is 11.4. The largest absolute Gasteiger partial charge is 0.394 e. The van der Waals surface area contributed by atoms with Crippen LogP contribution in [0.4, 0.5) is 0 Å². The van der Waals surface area contributed by atoms with E-state index in [-0.39, 0.29) is 12.1 Å². The van der Waals surface area contributed by atoms with E-state index in [2.05, 4.69) is 17.1 Å². The van der Waals surface area contributed by atoms with E-state index >= 15 is 0 Å². The first-order valence-corrected chi connectivity index (χ1v) is 8.55. The minimum absolute atomic E-state index is 0.0944. The van der Waals surface area contributed by atoms with E-state index in [1.54, 1.807) is 0 Å². The second-order valence-electron chi connectivity index (χ2n) is 5.72. The lowest BCUT2D eigenvalue weighted by atomic mass is 9.94. The fourth-order valence-electron chi connectivity index (χ4n) is 2.50. The molecule has 0 amide bonds. The van der Waals surface area contributed by atoms with Gasteiger partial charge in [0.1, 0.15) is 0 Å². The Bertz CT molecular complexity index is 374. The van der Waals surface area contributed by atoms with Crippen molar-refractivity contribution in [3.63, 3.8) is 0 Å². The molecule has 0 spiro atoms. The van der Waals surface area contributed by atoms with Gasteiger partial charge in [-0.15, -0.1) is 0 Å². The highest BCUT2D eigenvalue weighted by atomic mass is 32.2. The van der Waals surface area contributed by atoms with Crippen LogP contribution in [0.3, 0.4) is 0 Å². The van der Waals surface area contributed by atoms with Crippen LogP contribution < -0.4 is 5.32 Å². The van der Waals surface area contributed by atoms with E-state index in [0.29, 0.717) is 19.1 Å². The zero-order valence-electron chi connectivity index (χ0n) is 12.4. The summed E-state index contributed by atoms with van der Waals surface area (Å²) in [5, 5.41) is 12.6. The summed E-state index contributed by atoms with van der Waals surface area (Å²) < 4.78 is 24.4. The van der Waals surface area contributed by atoms with Gasteiger partial charge in [-0.05, 0) is 27.3 Å². The van der Waals surface area contributed by atoms with Crippen molar-refractivity contribution in [1.29, 1.82) is 0 Å². The van der Waals surface area contributed by atoms with Gasteiger partial charge < -0.3 is 10.4 Å². The first kappa shape index (κ1) is 16.8. The maximum Gasteiger partial charge on any atom is 0.211 e. The fraction of sp³-hybridized carbons (Fsp3) is 1.00. The van der Waals surface area contributed by atoms with Crippen molar-refractivity contribution >= 4 is 10.0 Å². The molecule has 0 aromatic carbocycles. The Balaban J connectivity index is 2.51. The summed E-state index contributed by atoms with van der Waals surface area (Å²) in [5.74, 6) is 0. The van der Waals surface area contributed by atoms with Gasteiger partial charge >= 0.3 is 0 Å². The van der Waals surface area contributed by atoms with E-state index in [9.17, 15) is 13.5 Å². The molecule has 6 nitrogen and oxygen atoms in total. The van der Waals surface area contributed by atoms with Crippen LogP contribution in [0.25, 0.3) is 0 Å². The molecule has 1 fully saturated rings. The number of rotatable bonds is 6. The normalized spacial score (nSPS) is 24.1. The van der Waals surface area contributed by atoms with Gasteiger partial charge in [-0.1, -0.05) is 0 Å². The zero-order valence-corrected chi connectivity index (χ0v) is 13.2. The zero-order chi connectivity index (χ0) is 14.7. The molecule has 0 radical (unpaired) electrons. The number of aliphatic hydroxyl groups is 1. The van der Waals surface area contributed by atoms with Gasteiger partial charge in [-0.25, -0.2) is 8.42 Å². The number of piperazine rings is 1. The van der Waals surface area contributed by atoms with Crippen LogP contribution in [-0.2, 0) is 10.0 Å². The van der Waals surface area contributed by atoms with Gasteiger partial charge in [0, 0.05) is 37.8 Å². The van der Waals surface area contributed by atoms with Crippen molar-refractivity contribution in [1.82, 2.24) is 14.5 Å². The summed E-state index contributed by atoms with van der Waals surface area (Å²) >= 11 is 0. The summed E-state index contributed by atoms with van der Waals surface area (Å²) in [6, 6.07) is 0.311. The van der Waals surface area contributed by atoms with Crippen molar-refractivity contribution in [2.75, 3.05) is 46.1 Å². The van der Waals surface area contributed by atoms with Gasteiger partial charge in [-0.3, -0.25) is 4.90 Å². The average molecular weight is 293 g/mol. The van der Waals surface area contributed by atoms with Gasteiger partial charge in [-0.2, -0.15) is 4.31 Å². The molecule has 19 heavy (non-hydrogen) atoms. The van der Waals surface area contributed by atoms with Gasteiger partial charge in [0.2, 0.25) is 10.0 Å². The molecule has 2 unspecified atom stereocenters. The Labute approximate surface area is 116 Å². The van der Waals surface area contributed by atoms with Crippen LogP contribution in [-0.4, -0.2) is 80.4 Å². The van der Waals surface area contributed by atoms with Crippen LogP contribution in [0.2, 0.25) is 0 Å². The van der Waals surface area contributed by atoms with Crippen molar-refractivity contribution in [3.8, 4) is 0 Å². The van der Waals surface area contributed by atoms with Crippen LogP contribution in [0.5, 0.6) is 0 Å². The highest BCUT2D eigenvalue weighted by molar-refractivity contribution is 7.88. The molecule has 1 aliphatic rings. The standard InChI is InChI=1S/C12H27N3O3S/c1-11(9-12(2,10-16)13-3)14-5-7-15(8-6-14)19(4,17)18/h11,13,16H,5-10H2,1-4H3. The number of likely N-dealkylation sites (N-methyl/N-ethyl adjacent to an activating group) is 1. The summed E-state index contributed by atoms with van der Waals surface area (Å²) in [4.78, 5) is 2.28. The van der Waals surface area contributed by atoms with E-state index in [1.807, 2.05) is 14.0 Å². The summed E-state index contributed by atoms with van der Waals surface area (Å²) in [5.41, 5.74) is -0.284. The molecule has 0 bridgehead atoms. The predicted octanol–water partition coefficient (Wildman–Crippen LogP) is -0.687. The lowest BCUT2D eigenvalue weighted by Gasteiger charge is -2.40. The van der Waals surface area contributed by atoms with Crippen molar-refractivity contribution in [2.24, 2.45) is 0 Å². The molecule has 7 heteroatoms. The van der Waals surface area contributed by atoms with Gasteiger partial charge in [0.25, 0.3) is 0 Å². The maximum atomic E-state index is 11.4. The molecule has 1 rings (SSSR count). The Kier molecular flexibility index (Phi) is 5.76. The Morgan fingerprint density at radius 2 is 1.84 bits per heavy atom. The molecule has 2 N–H and O–H groups in total. The number of nitrogens with one attached hydrogen (secondary N) is 1. The number of hydrogen-bond donors (Lipinski definition) is 2. The van der Waals surface area contributed by atoms with E-state index in [0.717, 1.165) is 19.5 Å². The minimum Gasteiger partial charge on any atom is -0.394 e. The molecule has 2 atom stereocenters. The minimum atomic E-state index is -3.07. The highest BCUT2D eigenvalue weighted by Crippen LogP contribution is 2.17. The monoisotopic (exact) mass is 293 g/mol. The van der Waals surface area contributed by atoms with Crippen molar-refractivity contribution in [3.05, 3.63) is 0 Å². The first-order chi connectivity index (χ1) is 8.72. The SMILES string of the molecule is CNC(C)(CO)CC(C)N1CCN(S(C)(=O)=O)CC1. The Hall–Kier alpha value is -0.210. The van der Waals surface area contributed by atoms with Crippen molar-refractivity contribution in [2.45, 2.75) is 31.8 Å². The molecular weight excluding hydrogens is 266 g/mol. The third-order valence-electron chi connectivity index (χ3n) is 4.06. The molecule has 0 aromatic heterocycles. The topological polar surface area (TPSA) is 72.9 Å². The first-order valence-electron chi connectivity index (χ1n) is 6.71. The lowest BCUT2D eigenvalue weighted by Crippen LogP contribution is -2.54. The molecular formula is C12H27N3O3S. The number of aliphatic hydroxyl groups excluding tert-OH is 1. The van der Waals surface area contributed by atoms with Crippen LogP contribution in [0, 0.1) is 0 Å². The quantitative estimate of drug-likeness (QED) is 0.678. The molecule has 0 aliphatic carbocycles. The number of nitrogens with zero attached hydrogens (tertiary/aromatic N) is 2. The van der Waals surface area contributed by atoms with Gasteiger partial charge in [0.05, 0.1) is 12.9 Å². The molecule has 1 heterocycles. The average Bonchev–Trinajstić information content (AvgIpc) is 2.37. The summed E-state index contributed by atoms with van der Waals surface area (Å²) in [7, 11) is -1.21. The number of sulfonamides is 1. The molecule has 0 saturated carbocycles. The third kappa shape index (κ3) is 4.68. The third-order valence-corrected chi connectivity index (χ3v) is 5.37.